The zero-order valence-electron chi connectivity index (χ0n) is 10.5. The van der Waals surface area contributed by atoms with Crippen LogP contribution < -0.4 is 4.90 Å². The zero-order chi connectivity index (χ0) is 12.1. The van der Waals surface area contributed by atoms with Crippen LogP contribution in [0.1, 0.15) is 48.0 Å². The van der Waals surface area contributed by atoms with Crippen LogP contribution in [0.15, 0.2) is 12.3 Å². The summed E-state index contributed by atoms with van der Waals surface area (Å²) in [5.74, 6) is 1.05. The number of aldehydes is 1. The lowest BCUT2D eigenvalue weighted by Gasteiger charge is -2.27. The molecule has 0 bridgehead atoms. The Balaban J connectivity index is 2.16. The van der Waals surface area contributed by atoms with Crippen molar-refractivity contribution in [2.24, 2.45) is 0 Å². The summed E-state index contributed by atoms with van der Waals surface area (Å²) >= 11 is 0. The van der Waals surface area contributed by atoms with Crippen molar-refractivity contribution in [1.82, 2.24) is 4.98 Å². The molecule has 1 saturated heterocycles. The number of pyridine rings is 1. The van der Waals surface area contributed by atoms with Gasteiger partial charge in [-0.25, -0.2) is 4.98 Å². The number of anilines is 1. The van der Waals surface area contributed by atoms with Crippen molar-refractivity contribution in [3.8, 4) is 0 Å². The molecule has 1 fully saturated rings. The minimum Gasteiger partial charge on any atom is -0.356 e. The Labute approximate surface area is 103 Å². The molecule has 0 atom stereocenters. The molecule has 2 rings (SSSR count). The van der Waals surface area contributed by atoms with Crippen LogP contribution in [-0.2, 0) is 0 Å². The topological polar surface area (TPSA) is 33.2 Å². The predicted molar refractivity (Wildman–Crippen MR) is 69.7 cm³/mol. The summed E-state index contributed by atoms with van der Waals surface area (Å²) in [6.07, 6.45) is 9.03. The van der Waals surface area contributed by atoms with Gasteiger partial charge < -0.3 is 4.90 Å². The van der Waals surface area contributed by atoms with Crippen molar-refractivity contribution >= 4 is 12.1 Å². The number of carbonyl (C=O) groups is 1. The Morgan fingerprint density at radius 1 is 1.18 bits per heavy atom. The van der Waals surface area contributed by atoms with E-state index in [0.29, 0.717) is 5.56 Å². The van der Waals surface area contributed by atoms with E-state index in [1.54, 1.807) is 6.20 Å². The van der Waals surface area contributed by atoms with Gasteiger partial charge >= 0.3 is 0 Å². The second-order valence-electron chi connectivity index (χ2n) is 4.78. The molecule has 0 aromatic carbocycles. The summed E-state index contributed by atoms with van der Waals surface area (Å²) in [7, 11) is 0. The monoisotopic (exact) mass is 232 g/mol. The summed E-state index contributed by atoms with van der Waals surface area (Å²) in [5.41, 5.74) is 1.77. The largest absolute Gasteiger partial charge is 0.356 e. The van der Waals surface area contributed by atoms with E-state index in [9.17, 15) is 4.79 Å². The molecule has 0 N–H and O–H groups in total. The average molecular weight is 232 g/mol. The molecule has 3 heteroatoms. The summed E-state index contributed by atoms with van der Waals surface area (Å²) in [6.45, 7) is 4.22. The number of nitrogens with zero attached hydrogens (tertiary/aromatic N) is 2. The van der Waals surface area contributed by atoms with Crippen LogP contribution in [0, 0.1) is 6.92 Å². The van der Waals surface area contributed by atoms with E-state index in [4.69, 9.17) is 0 Å². The molecule has 0 aliphatic carbocycles. The van der Waals surface area contributed by atoms with E-state index in [1.165, 1.54) is 32.1 Å². The highest BCUT2D eigenvalue weighted by atomic mass is 16.1. The van der Waals surface area contributed by atoms with Crippen molar-refractivity contribution in [1.29, 1.82) is 0 Å². The highest BCUT2D eigenvalue weighted by Gasteiger charge is 2.12. The molecule has 0 radical (unpaired) electrons. The first kappa shape index (κ1) is 12.1. The van der Waals surface area contributed by atoms with E-state index in [2.05, 4.69) is 9.88 Å². The normalized spacial score (nSPS) is 17.4. The van der Waals surface area contributed by atoms with Crippen LogP contribution in [0.5, 0.6) is 0 Å². The predicted octanol–water partition coefficient (Wildman–Crippen LogP) is 2.97. The lowest BCUT2D eigenvalue weighted by molar-refractivity contribution is 0.112. The number of hydrogen-bond donors (Lipinski definition) is 0. The Morgan fingerprint density at radius 2 is 1.82 bits per heavy atom. The second-order valence-corrected chi connectivity index (χ2v) is 4.78. The van der Waals surface area contributed by atoms with Crippen molar-refractivity contribution < 1.29 is 4.79 Å². The smallest absolute Gasteiger partial charge is 0.151 e. The number of aryl methyl sites for hydroxylation is 1. The fourth-order valence-corrected chi connectivity index (χ4v) is 2.44. The van der Waals surface area contributed by atoms with Crippen molar-refractivity contribution in [2.75, 3.05) is 18.0 Å². The fraction of sp³-hybridized carbons (Fsp3) is 0.571. The van der Waals surface area contributed by atoms with Crippen LogP contribution in [0.25, 0.3) is 0 Å². The summed E-state index contributed by atoms with van der Waals surface area (Å²) in [6, 6.07) is 1.92. The first-order valence-corrected chi connectivity index (χ1v) is 6.48. The molecular weight excluding hydrogens is 212 g/mol. The summed E-state index contributed by atoms with van der Waals surface area (Å²) in [5, 5.41) is 0. The second kappa shape index (κ2) is 5.80. The van der Waals surface area contributed by atoms with Crippen LogP contribution in [0.3, 0.4) is 0 Å². The van der Waals surface area contributed by atoms with Gasteiger partial charge in [-0.3, -0.25) is 4.79 Å². The standard InChI is InChI=1S/C14H20N2O/c1-12-9-13(11-17)10-15-14(12)16-7-5-3-2-4-6-8-16/h9-11H,2-8H2,1H3. The molecule has 1 aliphatic rings. The Hall–Kier alpha value is -1.38. The fourth-order valence-electron chi connectivity index (χ4n) is 2.44. The van der Waals surface area contributed by atoms with Gasteiger partial charge in [-0.05, 0) is 31.4 Å². The maximum Gasteiger partial charge on any atom is 0.151 e. The molecule has 1 aromatic rings. The first-order chi connectivity index (χ1) is 8.31. The average Bonchev–Trinajstić information content (AvgIpc) is 2.29. The number of rotatable bonds is 2. The third-order valence-corrected chi connectivity index (χ3v) is 3.36. The molecule has 1 aromatic heterocycles. The summed E-state index contributed by atoms with van der Waals surface area (Å²) < 4.78 is 0. The zero-order valence-corrected chi connectivity index (χ0v) is 10.5. The molecule has 17 heavy (non-hydrogen) atoms. The molecular formula is C14H20N2O. The molecule has 0 amide bonds. The molecule has 3 nitrogen and oxygen atoms in total. The van der Waals surface area contributed by atoms with Gasteiger partial charge in [0.2, 0.25) is 0 Å². The summed E-state index contributed by atoms with van der Waals surface area (Å²) in [4.78, 5) is 17.5. The first-order valence-electron chi connectivity index (χ1n) is 6.48. The maximum absolute atomic E-state index is 10.7. The third kappa shape index (κ3) is 3.05. The van der Waals surface area contributed by atoms with Crippen molar-refractivity contribution in [3.63, 3.8) is 0 Å². The van der Waals surface area contributed by atoms with Gasteiger partial charge in [-0.1, -0.05) is 19.3 Å². The maximum atomic E-state index is 10.7. The number of hydrogen-bond acceptors (Lipinski definition) is 3. The van der Waals surface area contributed by atoms with E-state index in [0.717, 1.165) is 30.8 Å². The lowest BCUT2D eigenvalue weighted by Crippen LogP contribution is -2.28. The van der Waals surface area contributed by atoms with Gasteiger partial charge in [-0.15, -0.1) is 0 Å². The third-order valence-electron chi connectivity index (χ3n) is 3.36. The van der Waals surface area contributed by atoms with Crippen molar-refractivity contribution in [3.05, 3.63) is 23.4 Å². The molecule has 92 valence electrons. The van der Waals surface area contributed by atoms with Crippen LogP contribution in [-0.4, -0.2) is 24.4 Å². The molecule has 0 unspecified atom stereocenters. The minimum atomic E-state index is 0.665. The molecule has 0 saturated carbocycles. The van der Waals surface area contributed by atoms with Crippen molar-refractivity contribution in [2.45, 2.75) is 39.0 Å². The quantitative estimate of drug-likeness (QED) is 0.735. The lowest BCUT2D eigenvalue weighted by atomic mass is 10.1. The van der Waals surface area contributed by atoms with Gasteiger partial charge in [0.25, 0.3) is 0 Å². The Bertz CT molecular complexity index is 382. The van der Waals surface area contributed by atoms with E-state index in [-0.39, 0.29) is 0 Å². The molecule has 0 spiro atoms. The van der Waals surface area contributed by atoms with E-state index >= 15 is 0 Å². The number of carbonyl (C=O) groups excluding carboxylic acids is 1. The van der Waals surface area contributed by atoms with Gasteiger partial charge in [0, 0.05) is 24.8 Å². The highest BCUT2D eigenvalue weighted by Crippen LogP contribution is 2.21. The van der Waals surface area contributed by atoms with E-state index < -0.39 is 0 Å². The minimum absolute atomic E-state index is 0.665. The van der Waals surface area contributed by atoms with Gasteiger partial charge in [-0.2, -0.15) is 0 Å². The Morgan fingerprint density at radius 3 is 2.41 bits per heavy atom. The Kier molecular flexibility index (Phi) is 4.13. The SMILES string of the molecule is Cc1cc(C=O)cnc1N1CCCCCCC1. The molecule has 2 heterocycles. The van der Waals surface area contributed by atoms with Gasteiger partial charge in [0.05, 0.1) is 0 Å². The number of aromatic nitrogens is 1. The van der Waals surface area contributed by atoms with E-state index in [1.807, 2.05) is 13.0 Å². The molecule has 1 aliphatic heterocycles. The highest BCUT2D eigenvalue weighted by molar-refractivity contribution is 5.75. The van der Waals surface area contributed by atoms with Crippen LogP contribution in [0.2, 0.25) is 0 Å². The van der Waals surface area contributed by atoms with Gasteiger partial charge in [0.1, 0.15) is 5.82 Å². The van der Waals surface area contributed by atoms with Crippen LogP contribution >= 0.6 is 0 Å². The van der Waals surface area contributed by atoms with Crippen LogP contribution in [0.4, 0.5) is 5.82 Å². The van der Waals surface area contributed by atoms with Gasteiger partial charge in [0.15, 0.2) is 6.29 Å².